The van der Waals surface area contributed by atoms with Gasteiger partial charge in [-0.15, -0.1) is 0 Å². The number of likely N-dealkylation sites (tertiary alicyclic amines) is 1. The molecule has 7 heteroatoms. The summed E-state index contributed by atoms with van der Waals surface area (Å²) in [6, 6.07) is 5.26. The molecule has 0 saturated carbocycles. The van der Waals surface area contributed by atoms with Gasteiger partial charge in [-0.05, 0) is 53.6 Å². The molecule has 1 saturated heterocycles. The molecule has 1 aliphatic rings. The second-order valence-electron chi connectivity index (χ2n) is 4.74. The first-order valence-electron chi connectivity index (χ1n) is 6.24. The van der Waals surface area contributed by atoms with E-state index in [0.717, 1.165) is 16.4 Å². The van der Waals surface area contributed by atoms with Crippen LogP contribution in [0.1, 0.15) is 23.2 Å². The van der Waals surface area contributed by atoms with E-state index in [1.807, 2.05) is 6.07 Å². The van der Waals surface area contributed by atoms with Crippen LogP contribution in [0.5, 0.6) is 0 Å². The van der Waals surface area contributed by atoms with Crippen LogP contribution in [0.25, 0.3) is 0 Å². The van der Waals surface area contributed by atoms with E-state index >= 15 is 0 Å². The van der Waals surface area contributed by atoms with Crippen LogP contribution in [0.2, 0.25) is 5.02 Å². The molecule has 2 rings (SSSR count). The Morgan fingerprint density at radius 2 is 2.30 bits per heavy atom. The molecule has 1 fully saturated rings. The molecule has 1 aliphatic heterocycles. The number of nitrogens with two attached hydrogens (primary N) is 1. The Bertz CT molecular complexity index is 550. The zero-order chi connectivity index (χ0) is 14.7. The largest absolute Gasteiger partial charge is 0.409 e. The van der Waals surface area contributed by atoms with Gasteiger partial charge in [-0.3, -0.25) is 4.79 Å². The standard InChI is InChI=1S/C13H15ClIN3O2/c14-9-3-4-11(15)10(6-9)13(19)18-5-1-2-8(7-18)12(16)17-20/h3-4,6,8,20H,1-2,5,7H2,(H2,16,17). The monoisotopic (exact) mass is 407 g/mol. The third kappa shape index (κ3) is 3.35. The average molecular weight is 408 g/mol. The van der Waals surface area contributed by atoms with Gasteiger partial charge < -0.3 is 15.8 Å². The molecule has 5 nitrogen and oxygen atoms in total. The number of amides is 1. The van der Waals surface area contributed by atoms with Gasteiger partial charge >= 0.3 is 0 Å². The number of carbonyl (C=O) groups excluding carboxylic acids is 1. The molecule has 0 aromatic heterocycles. The Balaban J connectivity index is 2.18. The molecule has 1 unspecified atom stereocenters. The number of benzene rings is 1. The maximum atomic E-state index is 12.5. The van der Waals surface area contributed by atoms with Crippen LogP contribution >= 0.6 is 34.2 Å². The highest BCUT2D eigenvalue weighted by atomic mass is 127. The van der Waals surface area contributed by atoms with Crippen molar-refractivity contribution in [2.24, 2.45) is 16.8 Å². The summed E-state index contributed by atoms with van der Waals surface area (Å²) in [5.41, 5.74) is 6.24. The second kappa shape index (κ2) is 6.62. The first kappa shape index (κ1) is 15.4. The number of amidine groups is 1. The van der Waals surface area contributed by atoms with E-state index in [1.165, 1.54) is 0 Å². The van der Waals surface area contributed by atoms with Gasteiger partial charge in [0.1, 0.15) is 5.84 Å². The highest BCUT2D eigenvalue weighted by Crippen LogP contribution is 2.23. The summed E-state index contributed by atoms with van der Waals surface area (Å²) in [4.78, 5) is 14.3. The molecular weight excluding hydrogens is 393 g/mol. The van der Waals surface area contributed by atoms with Crippen LogP contribution in [-0.2, 0) is 0 Å². The van der Waals surface area contributed by atoms with E-state index in [4.69, 9.17) is 22.5 Å². The van der Waals surface area contributed by atoms with E-state index in [9.17, 15) is 4.79 Å². The summed E-state index contributed by atoms with van der Waals surface area (Å²) < 4.78 is 0.864. The van der Waals surface area contributed by atoms with E-state index in [-0.39, 0.29) is 17.7 Å². The molecule has 0 bridgehead atoms. The van der Waals surface area contributed by atoms with Crippen LogP contribution in [0.4, 0.5) is 0 Å². The molecule has 20 heavy (non-hydrogen) atoms. The second-order valence-corrected chi connectivity index (χ2v) is 6.34. The van der Waals surface area contributed by atoms with Gasteiger partial charge in [-0.25, -0.2) is 0 Å². The van der Waals surface area contributed by atoms with E-state index < -0.39 is 0 Å². The topological polar surface area (TPSA) is 78.9 Å². The number of nitrogens with zero attached hydrogens (tertiary/aromatic N) is 2. The maximum Gasteiger partial charge on any atom is 0.255 e. The van der Waals surface area contributed by atoms with Crippen LogP contribution in [0, 0.1) is 9.49 Å². The van der Waals surface area contributed by atoms with Gasteiger partial charge in [0.2, 0.25) is 0 Å². The Morgan fingerprint density at radius 3 is 3.00 bits per heavy atom. The lowest BCUT2D eigenvalue weighted by Gasteiger charge is -2.32. The number of hydrogen-bond donors (Lipinski definition) is 2. The number of piperidine rings is 1. The van der Waals surface area contributed by atoms with E-state index in [0.29, 0.717) is 23.7 Å². The number of rotatable bonds is 2. The van der Waals surface area contributed by atoms with Crippen molar-refractivity contribution in [3.05, 3.63) is 32.4 Å². The fourth-order valence-corrected chi connectivity index (χ4v) is 3.05. The SMILES string of the molecule is N/C(=N/O)C1CCCN(C(=O)c2cc(Cl)ccc2I)C1. The minimum atomic E-state index is -0.0884. The fraction of sp³-hybridized carbons (Fsp3) is 0.385. The molecule has 0 spiro atoms. The van der Waals surface area contributed by atoms with Crippen LogP contribution in [0.3, 0.4) is 0 Å². The zero-order valence-corrected chi connectivity index (χ0v) is 13.6. The molecule has 1 aromatic rings. The number of halogens is 2. The lowest BCUT2D eigenvalue weighted by atomic mass is 9.96. The van der Waals surface area contributed by atoms with Crippen molar-refractivity contribution >= 4 is 45.9 Å². The van der Waals surface area contributed by atoms with Gasteiger partial charge in [0.25, 0.3) is 5.91 Å². The summed E-state index contributed by atoms with van der Waals surface area (Å²) in [6.07, 6.45) is 1.66. The zero-order valence-electron chi connectivity index (χ0n) is 10.7. The Kier molecular flexibility index (Phi) is 5.09. The number of hydrogen-bond acceptors (Lipinski definition) is 3. The van der Waals surface area contributed by atoms with Crippen molar-refractivity contribution in [2.75, 3.05) is 13.1 Å². The van der Waals surface area contributed by atoms with E-state index in [1.54, 1.807) is 17.0 Å². The lowest BCUT2D eigenvalue weighted by molar-refractivity contribution is 0.0700. The Hall–Kier alpha value is -1.02. The van der Waals surface area contributed by atoms with Crippen molar-refractivity contribution in [3.63, 3.8) is 0 Å². The average Bonchev–Trinajstić information content (AvgIpc) is 2.48. The predicted octanol–water partition coefficient (Wildman–Crippen LogP) is 2.54. The predicted molar refractivity (Wildman–Crippen MR) is 86.2 cm³/mol. The normalized spacial score (nSPS) is 20.0. The summed E-state index contributed by atoms with van der Waals surface area (Å²) in [5, 5.41) is 12.3. The molecule has 1 aromatic carbocycles. The molecule has 1 heterocycles. The van der Waals surface area contributed by atoms with Gasteiger partial charge in [-0.2, -0.15) is 0 Å². The van der Waals surface area contributed by atoms with Gasteiger partial charge in [0, 0.05) is 27.6 Å². The van der Waals surface area contributed by atoms with Gasteiger partial charge in [-0.1, -0.05) is 16.8 Å². The molecular formula is C13H15ClIN3O2. The molecule has 1 amide bonds. The molecule has 108 valence electrons. The maximum absolute atomic E-state index is 12.5. The Morgan fingerprint density at radius 1 is 1.55 bits per heavy atom. The third-order valence-corrected chi connectivity index (χ3v) is 4.58. The fourth-order valence-electron chi connectivity index (χ4n) is 2.32. The smallest absolute Gasteiger partial charge is 0.255 e. The third-order valence-electron chi connectivity index (χ3n) is 3.40. The van der Waals surface area contributed by atoms with Crippen LogP contribution in [0.15, 0.2) is 23.4 Å². The molecule has 0 aliphatic carbocycles. The van der Waals surface area contributed by atoms with Gasteiger partial charge in [0.15, 0.2) is 0 Å². The van der Waals surface area contributed by atoms with Crippen molar-refractivity contribution in [3.8, 4) is 0 Å². The van der Waals surface area contributed by atoms with Crippen molar-refractivity contribution in [1.82, 2.24) is 4.90 Å². The quantitative estimate of drug-likeness (QED) is 0.260. The number of oxime groups is 1. The minimum absolute atomic E-state index is 0.0626. The van der Waals surface area contributed by atoms with Crippen molar-refractivity contribution in [2.45, 2.75) is 12.8 Å². The van der Waals surface area contributed by atoms with Crippen LogP contribution in [-0.4, -0.2) is 34.9 Å². The van der Waals surface area contributed by atoms with Crippen molar-refractivity contribution in [1.29, 1.82) is 0 Å². The number of carbonyl (C=O) groups is 1. The highest BCUT2D eigenvalue weighted by molar-refractivity contribution is 14.1. The first-order valence-corrected chi connectivity index (χ1v) is 7.70. The minimum Gasteiger partial charge on any atom is -0.409 e. The summed E-state index contributed by atoms with van der Waals surface area (Å²) in [6.45, 7) is 1.15. The highest BCUT2D eigenvalue weighted by Gasteiger charge is 2.27. The molecule has 1 atom stereocenters. The summed E-state index contributed by atoms with van der Waals surface area (Å²) in [7, 11) is 0. The Labute approximate surface area is 135 Å². The van der Waals surface area contributed by atoms with Crippen LogP contribution < -0.4 is 5.73 Å². The first-order chi connectivity index (χ1) is 9.52. The van der Waals surface area contributed by atoms with Crippen molar-refractivity contribution < 1.29 is 10.0 Å². The summed E-state index contributed by atoms with van der Waals surface area (Å²) in [5.74, 6) is 0.0326. The summed E-state index contributed by atoms with van der Waals surface area (Å²) >= 11 is 8.07. The molecule has 0 radical (unpaired) electrons. The van der Waals surface area contributed by atoms with E-state index in [2.05, 4.69) is 27.7 Å². The lowest BCUT2D eigenvalue weighted by Crippen LogP contribution is -2.44. The van der Waals surface area contributed by atoms with Gasteiger partial charge in [0.05, 0.1) is 5.56 Å². The molecule has 3 N–H and O–H groups in total.